The summed E-state index contributed by atoms with van der Waals surface area (Å²) in [4.78, 5) is 13.8. The lowest BCUT2D eigenvalue weighted by atomic mass is 10.1. The minimum Gasteiger partial charge on any atom is -0.387 e. The Labute approximate surface area is 126 Å². The SMILES string of the molecule is C#CCn1ncc(NCC(C)(O)CN(C)C)c(Br)c1=O. The molecule has 1 rings (SSSR count). The van der Waals surface area contributed by atoms with Crippen molar-refractivity contribution in [1.82, 2.24) is 14.7 Å². The van der Waals surface area contributed by atoms with Crippen molar-refractivity contribution in [3.8, 4) is 12.3 Å². The van der Waals surface area contributed by atoms with Crippen molar-refractivity contribution in [3.63, 3.8) is 0 Å². The second-order valence-electron chi connectivity index (χ2n) is 5.13. The van der Waals surface area contributed by atoms with E-state index in [1.807, 2.05) is 19.0 Å². The zero-order valence-electron chi connectivity index (χ0n) is 11.9. The monoisotopic (exact) mass is 342 g/mol. The lowest BCUT2D eigenvalue weighted by Crippen LogP contribution is -2.43. The van der Waals surface area contributed by atoms with E-state index in [4.69, 9.17) is 6.42 Å². The fourth-order valence-electron chi connectivity index (χ4n) is 1.81. The summed E-state index contributed by atoms with van der Waals surface area (Å²) in [6.45, 7) is 2.64. The molecular weight excluding hydrogens is 324 g/mol. The van der Waals surface area contributed by atoms with Crippen LogP contribution in [0.3, 0.4) is 0 Å². The van der Waals surface area contributed by atoms with Crippen LogP contribution in [0.25, 0.3) is 0 Å². The second kappa shape index (κ2) is 6.88. The Bertz CT molecular complexity index is 560. The van der Waals surface area contributed by atoms with Gasteiger partial charge in [0.05, 0.1) is 17.5 Å². The average molecular weight is 343 g/mol. The van der Waals surface area contributed by atoms with Gasteiger partial charge in [-0.3, -0.25) is 4.79 Å². The maximum Gasteiger partial charge on any atom is 0.284 e. The quantitative estimate of drug-likeness (QED) is 0.730. The summed E-state index contributed by atoms with van der Waals surface area (Å²) in [5, 5.41) is 17.2. The zero-order valence-corrected chi connectivity index (χ0v) is 13.4. The predicted octanol–water partition coefficient (Wildman–Crippen LogP) is 0.364. The molecule has 0 aromatic carbocycles. The fourth-order valence-corrected chi connectivity index (χ4v) is 2.26. The van der Waals surface area contributed by atoms with Gasteiger partial charge >= 0.3 is 0 Å². The van der Waals surface area contributed by atoms with E-state index in [-0.39, 0.29) is 12.1 Å². The summed E-state index contributed by atoms with van der Waals surface area (Å²) in [7, 11) is 3.76. The number of likely N-dealkylation sites (N-methyl/N-ethyl adjacent to an activating group) is 1. The molecule has 1 heterocycles. The van der Waals surface area contributed by atoms with Gasteiger partial charge in [-0.05, 0) is 36.9 Å². The third kappa shape index (κ3) is 4.63. The van der Waals surface area contributed by atoms with E-state index in [0.29, 0.717) is 23.2 Å². The highest BCUT2D eigenvalue weighted by atomic mass is 79.9. The molecule has 0 saturated heterocycles. The summed E-state index contributed by atoms with van der Waals surface area (Å²) < 4.78 is 1.54. The van der Waals surface area contributed by atoms with Crippen LogP contribution in [0.5, 0.6) is 0 Å². The largest absolute Gasteiger partial charge is 0.387 e. The fraction of sp³-hybridized carbons (Fsp3) is 0.538. The number of aromatic nitrogens is 2. The predicted molar refractivity (Wildman–Crippen MR) is 82.7 cm³/mol. The smallest absolute Gasteiger partial charge is 0.284 e. The highest BCUT2D eigenvalue weighted by Crippen LogP contribution is 2.17. The van der Waals surface area contributed by atoms with Crippen LogP contribution in [0.1, 0.15) is 6.92 Å². The van der Waals surface area contributed by atoms with E-state index in [2.05, 4.69) is 32.3 Å². The Morgan fingerprint density at radius 3 is 2.85 bits per heavy atom. The van der Waals surface area contributed by atoms with E-state index in [9.17, 15) is 9.90 Å². The third-order valence-electron chi connectivity index (χ3n) is 2.54. The normalized spacial score (nSPS) is 13.8. The van der Waals surface area contributed by atoms with Crippen molar-refractivity contribution in [1.29, 1.82) is 0 Å². The molecule has 20 heavy (non-hydrogen) atoms. The molecule has 0 radical (unpaired) electrons. The topological polar surface area (TPSA) is 70.4 Å². The number of rotatable bonds is 6. The molecular formula is C13H19BrN4O2. The lowest BCUT2D eigenvalue weighted by Gasteiger charge is -2.27. The number of anilines is 1. The van der Waals surface area contributed by atoms with Gasteiger partial charge in [0.1, 0.15) is 11.0 Å². The molecule has 0 fully saturated rings. The number of nitrogens with zero attached hydrogens (tertiary/aromatic N) is 3. The summed E-state index contributed by atoms with van der Waals surface area (Å²) in [5.41, 5.74) is -0.695. The van der Waals surface area contributed by atoms with Crippen LogP contribution in [0.2, 0.25) is 0 Å². The van der Waals surface area contributed by atoms with Gasteiger partial charge in [-0.15, -0.1) is 6.42 Å². The molecule has 0 bridgehead atoms. The van der Waals surface area contributed by atoms with Crippen LogP contribution in [0.4, 0.5) is 5.69 Å². The molecule has 0 saturated carbocycles. The number of aliphatic hydroxyl groups is 1. The Hall–Kier alpha value is -1.36. The number of hydrogen-bond donors (Lipinski definition) is 2. The van der Waals surface area contributed by atoms with Crippen molar-refractivity contribution < 1.29 is 5.11 Å². The molecule has 2 N–H and O–H groups in total. The van der Waals surface area contributed by atoms with Gasteiger partial charge in [0.2, 0.25) is 0 Å². The van der Waals surface area contributed by atoms with E-state index in [1.165, 1.54) is 10.9 Å². The molecule has 110 valence electrons. The molecule has 0 spiro atoms. The highest BCUT2D eigenvalue weighted by molar-refractivity contribution is 9.10. The van der Waals surface area contributed by atoms with Gasteiger partial charge in [-0.2, -0.15) is 5.10 Å². The van der Waals surface area contributed by atoms with Crippen molar-refractivity contribution >= 4 is 21.6 Å². The molecule has 1 unspecified atom stereocenters. The Kier molecular flexibility index (Phi) is 5.74. The minimum absolute atomic E-state index is 0.121. The van der Waals surface area contributed by atoms with Gasteiger partial charge in [0.25, 0.3) is 5.56 Å². The van der Waals surface area contributed by atoms with Crippen LogP contribution < -0.4 is 10.9 Å². The van der Waals surface area contributed by atoms with Crippen molar-refractivity contribution in [3.05, 3.63) is 21.0 Å². The molecule has 1 aromatic heterocycles. The van der Waals surface area contributed by atoms with Crippen LogP contribution in [-0.4, -0.2) is 52.6 Å². The third-order valence-corrected chi connectivity index (χ3v) is 3.31. The number of terminal acetylenes is 1. The Morgan fingerprint density at radius 1 is 1.65 bits per heavy atom. The summed E-state index contributed by atoms with van der Waals surface area (Å²) in [6.07, 6.45) is 6.67. The molecule has 0 aliphatic heterocycles. The lowest BCUT2D eigenvalue weighted by molar-refractivity contribution is 0.0459. The minimum atomic E-state index is -0.920. The van der Waals surface area contributed by atoms with Crippen LogP contribution in [0, 0.1) is 12.3 Å². The second-order valence-corrected chi connectivity index (χ2v) is 5.92. The summed E-state index contributed by atoms with van der Waals surface area (Å²) >= 11 is 3.22. The summed E-state index contributed by atoms with van der Waals surface area (Å²) in [5.74, 6) is 2.36. The van der Waals surface area contributed by atoms with E-state index in [0.717, 1.165) is 0 Å². The van der Waals surface area contributed by atoms with Crippen LogP contribution in [0.15, 0.2) is 15.5 Å². The molecule has 0 aliphatic carbocycles. The van der Waals surface area contributed by atoms with Crippen LogP contribution >= 0.6 is 15.9 Å². The van der Waals surface area contributed by atoms with Gasteiger partial charge in [0.15, 0.2) is 0 Å². The average Bonchev–Trinajstić information content (AvgIpc) is 2.33. The van der Waals surface area contributed by atoms with E-state index < -0.39 is 5.60 Å². The number of hydrogen-bond acceptors (Lipinski definition) is 5. The molecule has 0 amide bonds. The molecule has 7 heteroatoms. The van der Waals surface area contributed by atoms with E-state index in [1.54, 1.807) is 6.92 Å². The number of halogens is 1. The van der Waals surface area contributed by atoms with Gasteiger partial charge in [-0.25, -0.2) is 4.68 Å². The summed E-state index contributed by atoms with van der Waals surface area (Å²) in [6, 6.07) is 0. The molecule has 0 aliphatic rings. The first-order chi connectivity index (χ1) is 9.26. The molecule has 6 nitrogen and oxygen atoms in total. The Balaban J connectivity index is 2.82. The first-order valence-electron chi connectivity index (χ1n) is 6.07. The van der Waals surface area contributed by atoms with Gasteiger partial charge in [0, 0.05) is 13.1 Å². The first kappa shape index (κ1) is 16.7. The van der Waals surface area contributed by atoms with Crippen molar-refractivity contribution in [2.75, 3.05) is 32.5 Å². The maximum absolute atomic E-state index is 11.9. The van der Waals surface area contributed by atoms with Gasteiger partial charge < -0.3 is 15.3 Å². The zero-order chi connectivity index (χ0) is 15.3. The van der Waals surface area contributed by atoms with Crippen molar-refractivity contribution in [2.24, 2.45) is 0 Å². The van der Waals surface area contributed by atoms with Crippen molar-refractivity contribution in [2.45, 2.75) is 19.1 Å². The first-order valence-corrected chi connectivity index (χ1v) is 6.86. The van der Waals surface area contributed by atoms with Gasteiger partial charge in [-0.1, -0.05) is 5.92 Å². The van der Waals surface area contributed by atoms with E-state index >= 15 is 0 Å². The standard InChI is InChI=1S/C13H19BrN4O2/c1-5-6-18-12(19)11(14)10(7-16-18)15-8-13(2,20)9-17(3)4/h1,7,15,20H,6,8-9H2,2-4H3. The molecule has 1 atom stereocenters. The maximum atomic E-state index is 11.9. The number of nitrogens with one attached hydrogen (secondary N) is 1. The van der Waals surface area contributed by atoms with Crippen LogP contribution in [-0.2, 0) is 6.54 Å². The Morgan fingerprint density at radius 2 is 2.30 bits per heavy atom. The molecule has 1 aromatic rings. The highest BCUT2D eigenvalue weighted by Gasteiger charge is 2.21.